The molecule has 1 aromatic heterocycles. The van der Waals surface area contributed by atoms with Gasteiger partial charge in [0, 0.05) is 0 Å². The molecule has 5 rings (SSSR count). The third kappa shape index (κ3) is 6.87. The van der Waals surface area contributed by atoms with E-state index in [1.165, 1.54) is 16.9 Å². The van der Waals surface area contributed by atoms with Gasteiger partial charge >= 0.3 is 5.97 Å². The Hall–Kier alpha value is -4.83. The molecule has 0 aliphatic carbocycles. The molecule has 0 radical (unpaired) electrons. The van der Waals surface area contributed by atoms with Gasteiger partial charge in [-0.15, -0.1) is 0 Å². The first-order valence-corrected chi connectivity index (χ1v) is 15.9. The standard InChI is InChI=1S/C36H38N2O7S/c1-8-43-35(40)32-23(5)37-36-38(33(32)26-14-16-28(45-21(2)3)30(19-26)42-7)34(39)31(46-36)18-25-13-15-27(29(17-25)41-6)44-20-24-11-9-22(4)10-12-24/h9-19,21,33H,8,20H2,1-7H3/b31-18-/t33-/m0/s1. The van der Waals surface area contributed by atoms with E-state index in [2.05, 4.69) is 4.99 Å². The van der Waals surface area contributed by atoms with E-state index >= 15 is 0 Å². The Kier molecular flexibility index (Phi) is 9.96. The second kappa shape index (κ2) is 14.1. The quantitative estimate of drug-likeness (QED) is 0.200. The van der Waals surface area contributed by atoms with E-state index in [4.69, 9.17) is 23.7 Å². The maximum Gasteiger partial charge on any atom is 0.338 e. The van der Waals surface area contributed by atoms with Crippen molar-refractivity contribution in [3.05, 3.63) is 114 Å². The van der Waals surface area contributed by atoms with Crippen LogP contribution in [0.3, 0.4) is 0 Å². The smallest absolute Gasteiger partial charge is 0.338 e. The molecule has 2 heterocycles. The first kappa shape index (κ1) is 32.6. The zero-order valence-corrected chi connectivity index (χ0v) is 27.9. The van der Waals surface area contributed by atoms with Gasteiger partial charge in [0.25, 0.3) is 5.56 Å². The molecular formula is C36H38N2O7S. The minimum atomic E-state index is -0.786. The Morgan fingerprint density at radius 3 is 2.33 bits per heavy atom. The van der Waals surface area contributed by atoms with Crippen molar-refractivity contribution < 1.29 is 28.5 Å². The molecule has 240 valence electrons. The molecule has 1 aliphatic heterocycles. The summed E-state index contributed by atoms with van der Waals surface area (Å²) in [6.07, 6.45) is 1.72. The Morgan fingerprint density at radius 2 is 1.65 bits per heavy atom. The average molecular weight is 643 g/mol. The van der Waals surface area contributed by atoms with Crippen LogP contribution in [0.4, 0.5) is 0 Å². The second-order valence-corrected chi connectivity index (χ2v) is 12.1. The van der Waals surface area contributed by atoms with Crippen molar-refractivity contribution in [2.75, 3.05) is 20.8 Å². The number of ether oxygens (including phenoxy) is 5. The molecule has 0 saturated carbocycles. The lowest BCUT2D eigenvalue weighted by Crippen LogP contribution is -2.40. The number of hydrogen-bond donors (Lipinski definition) is 0. The fraction of sp³-hybridized carbons (Fsp3) is 0.306. The van der Waals surface area contributed by atoms with Crippen molar-refractivity contribution in [1.82, 2.24) is 4.57 Å². The van der Waals surface area contributed by atoms with Gasteiger partial charge in [0.2, 0.25) is 0 Å². The number of methoxy groups -OCH3 is 2. The number of carbonyl (C=O) groups excluding carboxylic acids is 1. The van der Waals surface area contributed by atoms with E-state index in [1.54, 1.807) is 50.8 Å². The van der Waals surface area contributed by atoms with Crippen LogP contribution in [0, 0.1) is 6.92 Å². The molecule has 0 unspecified atom stereocenters. The van der Waals surface area contributed by atoms with Gasteiger partial charge in [0.05, 0.1) is 48.8 Å². The number of thiazole rings is 1. The summed E-state index contributed by atoms with van der Waals surface area (Å²) >= 11 is 1.25. The molecule has 46 heavy (non-hydrogen) atoms. The van der Waals surface area contributed by atoms with Gasteiger partial charge in [0.15, 0.2) is 27.8 Å². The topological polar surface area (TPSA) is 97.6 Å². The zero-order valence-electron chi connectivity index (χ0n) is 27.1. The average Bonchev–Trinajstić information content (AvgIpc) is 3.34. The summed E-state index contributed by atoms with van der Waals surface area (Å²) in [7, 11) is 3.13. The number of carbonyl (C=O) groups is 1. The SMILES string of the molecule is CCOC(=O)C1=C(C)N=c2s/c(=C\c3ccc(OCc4ccc(C)cc4)c(OC)c3)c(=O)n2[C@H]1c1ccc(OC(C)C)c(OC)c1. The zero-order chi connectivity index (χ0) is 33.0. The highest BCUT2D eigenvalue weighted by molar-refractivity contribution is 7.07. The van der Waals surface area contributed by atoms with Crippen LogP contribution < -0.4 is 33.8 Å². The number of hydrogen-bond acceptors (Lipinski definition) is 9. The predicted octanol–water partition coefficient (Wildman–Crippen LogP) is 5.49. The van der Waals surface area contributed by atoms with E-state index in [0.717, 1.165) is 11.1 Å². The van der Waals surface area contributed by atoms with Gasteiger partial charge in [-0.25, -0.2) is 9.79 Å². The van der Waals surface area contributed by atoms with E-state index in [0.29, 0.717) is 50.2 Å². The number of aryl methyl sites for hydroxylation is 1. The molecule has 10 heteroatoms. The van der Waals surface area contributed by atoms with Crippen LogP contribution in [0.1, 0.15) is 56.0 Å². The molecule has 9 nitrogen and oxygen atoms in total. The first-order valence-electron chi connectivity index (χ1n) is 15.0. The number of esters is 1. The van der Waals surface area contributed by atoms with Crippen molar-refractivity contribution in [3.63, 3.8) is 0 Å². The summed E-state index contributed by atoms with van der Waals surface area (Å²) in [5, 5.41) is 0. The van der Waals surface area contributed by atoms with Gasteiger partial charge in [-0.3, -0.25) is 9.36 Å². The molecule has 0 spiro atoms. The van der Waals surface area contributed by atoms with E-state index in [-0.39, 0.29) is 23.8 Å². The molecular weight excluding hydrogens is 604 g/mol. The summed E-state index contributed by atoms with van der Waals surface area (Å²) < 4.78 is 30.6. The number of nitrogens with zero attached hydrogens (tertiary/aromatic N) is 2. The molecule has 0 N–H and O–H groups in total. The van der Waals surface area contributed by atoms with E-state index < -0.39 is 12.0 Å². The molecule has 0 fully saturated rings. The lowest BCUT2D eigenvalue weighted by atomic mass is 9.95. The van der Waals surface area contributed by atoms with Crippen LogP contribution in [-0.2, 0) is 16.1 Å². The summed E-state index contributed by atoms with van der Waals surface area (Å²) in [6, 6.07) is 18.3. The molecule has 0 saturated heterocycles. The predicted molar refractivity (Wildman–Crippen MR) is 178 cm³/mol. The van der Waals surface area contributed by atoms with Gasteiger partial charge in [-0.2, -0.15) is 0 Å². The molecule has 3 aromatic carbocycles. The number of fused-ring (bicyclic) bond motifs is 1. The molecule has 0 amide bonds. The van der Waals surface area contributed by atoms with Crippen molar-refractivity contribution in [2.45, 2.75) is 53.4 Å². The monoisotopic (exact) mass is 642 g/mol. The minimum Gasteiger partial charge on any atom is -0.493 e. The maximum absolute atomic E-state index is 14.1. The Labute approximate surface area is 272 Å². The molecule has 4 aromatic rings. The number of benzene rings is 3. The lowest BCUT2D eigenvalue weighted by molar-refractivity contribution is -0.139. The third-order valence-corrected chi connectivity index (χ3v) is 8.37. The molecule has 1 atom stereocenters. The Bertz CT molecular complexity index is 1960. The molecule has 0 bridgehead atoms. The second-order valence-electron chi connectivity index (χ2n) is 11.1. The van der Waals surface area contributed by atoms with Crippen molar-refractivity contribution >= 4 is 23.4 Å². The van der Waals surface area contributed by atoms with Crippen LogP contribution in [0.2, 0.25) is 0 Å². The highest BCUT2D eigenvalue weighted by Gasteiger charge is 2.34. The summed E-state index contributed by atoms with van der Waals surface area (Å²) in [5.74, 6) is 1.66. The van der Waals surface area contributed by atoms with Crippen LogP contribution in [0.25, 0.3) is 6.08 Å². The fourth-order valence-electron chi connectivity index (χ4n) is 5.20. The summed E-state index contributed by atoms with van der Waals surface area (Å²) in [4.78, 5) is 32.5. The fourth-order valence-corrected chi connectivity index (χ4v) is 6.25. The third-order valence-electron chi connectivity index (χ3n) is 7.38. The van der Waals surface area contributed by atoms with E-state index in [9.17, 15) is 9.59 Å². The highest BCUT2D eigenvalue weighted by atomic mass is 32.1. The van der Waals surface area contributed by atoms with Crippen molar-refractivity contribution in [1.29, 1.82) is 0 Å². The van der Waals surface area contributed by atoms with Gasteiger partial charge in [0.1, 0.15) is 6.61 Å². The number of allylic oxidation sites excluding steroid dienone is 1. The number of aromatic nitrogens is 1. The summed E-state index contributed by atoms with van der Waals surface area (Å²) in [5.41, 5.74) is 4.12. The highest BCUT2D eigenvalue weighted by Crippen LogP contribution is 2.36. The summed E-state index contributed by atoms with van der Waals surface area (Å²) in [6.45, 7) is 9.98. The number of rotatable bonds is 11. The van der Waals surface area contributed by atoms with Crippen LogP contribution in [0.5, 0.6) is 23.0 Å². The lowest BCUT2D eigenvalue weighted by Gasteiger charge is -2.25. The first-order chi connectivity index (χ1) is 22.1. The largest absolute Gasteiger partial charge is 0.493 e. The minimum absolute atomic E-state index is 0.0675. The van der Waals surface area contributed by atoms with Gasteiger partial charge in [-0.05, 0) is 81.7 Å². The van der Waals surface area contributed by atoms with E-state index in [1.807, 2.05) is 69.3 Å². The molecule has 1 aliphatic rings. The van der Waals surface area contributed by atoms with Crippen LogP contribution in [0.15, 0.2) is 81.7 Å². The normalized spacial score (nSPS) is 14.5. The Balaban J connectivity index is 1.56. The van der Waals surface area contributed by atoms with Crippen molar-refractivity contribution in [3.8, 4) is 23.0 Å². The van der Waals surface area contributed by atoms with Crippen LogP contribution >= 0.6 is 11.3 Å². The maximum atomic E-state index is 14.1. The van der Waals surface area contributed by atoms with Gasteiger partial charge in [-0.1, -0.05) is 53.3 Å². The van der Waals surface area contributed by atoms with Crippen molar-refractivity contribution in [2.24, 2.45) is 4.99 Å². The Morgan fingerprint density at radius 1 is 0.957 bits per heavy atom. The van der Waals surface area contributed by atoms with Crippen LogP contribution in [-0.4, -0.2) is 37.5 Å². The van der Waals surface area contributed by atoms with Gasteiger partial charge < -0.3 is 23.7 Å².